The molecular weight excluding hydrogens is 284 g/mol. The summed E-state index contributed by atoms with van der Waals surface area (Å²) >= 11 is 6.27. The summed E-state index contributed by atoms with van der Waals surface area (Å²) in [7, 11) is 0. The fourth-order valence-corrected chi connectivity index (χ4v) is 2.55. The molecule has 2 aromatic rings. The van der Waals surface area contributed by atoms with Gasteiger partial charge in [0.15, 0.2) is 0 Å². The lowest BCUT2D eigenvalue weighted by molar-refractivity contribution is 0.466. The van der Waals surface area contributed by atoms with Gasteiger partial charge in [0.25, 0.3) is 0 Å². The number of hydrogen-bond acceptors (Lipinski definition) is 3. The second kappa shape index (κ2) is 7.57. The Bertz CT molecular complexity index is 567. The highest BCUT2D eigenvalue weighted by molar-refractivity contribution is 6.31. The van der Waals surface area contributed by atoms with E-state index in [0.717, 1.165) is 30.8 Å². The lowest BCUT2D eigenvalue weighted by Gasteiger charge is -2.17. The van der Waals surface area contributed by atoms with Crippen LogP contribution in [-0.4, -0.2) is 21.3 Å². The van der Waals surface area contributed by atoms with Gasteiger partial charge in [0.1, 0.15) is 0 Å². The van der Waals surface area contributed by atoms with Gasteiger partial charge < -0.3 is 5.32 Å². The van der Waals surface area contributed by atoms with Crippen LogP contribution in [-0.2, 0) is 6.42 Å². The maximum absolute atomic E-state index is 6.27. The molecule has 0 aliphatic rings. The normalized spacial score (nSPS) is 14.1. The Morgan fingerprint density at radius 3 is 2.81 bits per heavy atom. The minimum absolute atomic E-state index is 0.0870. The first kappa shape index (κ1) is 16.0. The lowest BCUT2D eigenvalue weighted by atomic mass is 10.1. The lowest BCUT2D eigenvalue weighted by Crippen LogP contribution is -2.24. The predicted octanol–water partition coefficient (Wildman–Crippen LogP) is 3.80. The molecule has 2 rings (SSSR count). The number of nitrogens with zero attached hydrogens (tertiary/aromatic N) is 3. The van der Waals surface area contributed by atoms with Crippen LogP contribution in [0.3, 0.4) is 0 Å². The molecule has 2 unspecified atom stereocenters. The van der Waals surface area contributed by atoms with Gasteiger partial charge in [-0.25, -0.2) is 0 Å². The van der Waals surface area contributed by atoms with E-state index in [2.05, 4.69) is 42.2 Å². The molecule has 0 saturated carbocycles. The van der Waals surface area contributed by atoms with E-state index in [1.165, 1.54) is 0 Å². The maximum atomic E-state index is 6.27. The van der Waals surface area contributed by atoms with Crippen molar-refractivity contribution in [3.63, 3.8) is 0 Å². The first-order valence-corrected chi connectivity index (χ1v) is 7.91. The number of aromatic nitrogens is 3. The van der Waals surface area contributed by atoms with Crippen LogP contribution in [0.5, 0.6) is 0 Å². The SMILES string of the molecule is CCNC(Cc1ccn(C(C)CC)n1)c1ncccc1Cl. The van der Waals surface area contributed by atoms with Crippen LogP contribution in [0.15, 0.2) is 30.6 Å². The van der Waals surface area contributed by atoms with Crippen molar-refractivity contribution < 1.29 is 0 Å². The van der Waals surface area contributed by atoms with E-state index in [-0.39, 0.29) is 6.04 Å². The molecule has 2 aromatic heterocycles. The van der Waals surface area contributed by atoms with E-state index in [1.54, 1.807) is 6.20 Å². The van der Waals surface area contributed by atoms with Gasteiger partial charge in [-0.3, -0.25) is 9.67 Å². The average Bonchev–Trinajstić information content (AvgIpc) is 2.95. The standard InChI is InChI=1S/C16H23ClN4/c1-4-12(3)21-10-8-13(20-21)11-15(18-5-2)16-14(17)7-6-9-19-16/h6-10,12,15,18H,4-5,11H2,1-3H3. The summed E-state index contributed by atoms with van der Waals surface area (Å²) in [6, 6.07) is 6.32. The van der Waals surface area contributed by atoms with Crippen LogP contribution in [0.2, 0.25) is 5.02 Å². The number of nitrogens with one attached hydrogen (secondary N) is 1. The molecule has 1 N–H and O–H groups in total. The van der Waals surface area contributed by atoms with Crippen molar-refractivity contribution in [2.45, 2.75) is 45.7 Å². The Hall–Kier alpha value is -1.39. The molecule has 0 radical (unpaired) electrons. The predicted molar refractivity (Wildman–Crippen MR) is 86.6 cm³/mol. The molecular formula is C16H23ClN4. The molecule has 5 heteroatoms. The Labute approximate surface area is 131 Å². The van der Waals surface area contributed by atoms with Gasteiger partial charge in [0.05, 0.1) is 22.5 Å². The van der Waals surface area contributed by atoms with Crippen LogP contribution in [0, 0.1) is 0 Å². The van der Waals surface area contributed by atoms with Crippen molar-refractivity contribution in [3.05, 3.63) is 47.0 Å². The van der Waals surface area contributed by atoms with E-state index < -0.39 is 0 Å². The smallest absolute Gasteiger partial charge is 0.0762 e. The van der Waals surface area contributed by atoms with Crippen LogP contribution >= 0.6 is 11.6 Å². The van der Waals surface area contributed by atoms with Crippen molar-refractivity contribution in [1.29, 1.82) is 0 Å². The van der Waals surface area contributed by atoms with Crippen LogP contribution in [0.1, 0.15) is 50.7 Å². The average molecular weight is 307 g/mol. The number of rotatable bonds is 7. The monoisotopic (exact) mass is 306 g/mol. The second-order valence-corrected chi connectivity index (χ2v) is 5.64. The Kier molecular flexibility index (Phi) is 5.76. The van der Waals surface area contributed by atoms with Gasteiger partial charge in [-0.05, 0) is 38.1 Å². The summed E-state index contributed by atoms with van der Waals surface area (Å²) in [5, 5.41) is 8.81. The minimum atomic E-state index is 0.0870. The van der Waals surface area contributed by atoms with Gasteiger partial charge in [-0.15, -0.1) is 0 Å². The van der Waals surface area contributed by atoms with Crippen molar-refractivity contribution in [2.75, 3.05) is 6.54 Å². The summed E-state index contributed by atoms with van der Waals surface area (Å²) < 4.78 is 2.03. The molecule has 4 nitrogen and oxygen atoms in total. The maximum Gasteiger partial charge on any atom is 0.0762 e. The zero-order valence-corrected chi connectivity index (χ0v) is 13.6. The molecule has 0 fully saturated rings. The van der Waals surface area contributed by atoms with Gasteiger partial charge in [-0.2, -0.15) is 5.10 Å². The molecule has 21 heavy (non-hydrogen) atoms. The quantitative estimate of drug-likeness (QED) is 0.846. The summed E-state index contributed by atoms with van der Waals surface area (Å²) in [6.45, 7) is 7.29. The van der Waals surface area contributed by atoms with E-state index in [4.69, 9.17) is 11.6 Å². The van der Waals surface area contributed by atoms with Crippen molar-refractivity contribution in [1.82, 2.24) is 20.1 Å². The van der Waals surface area contributed by atoms with E-state index >= 15 is 0 Å². The van der Waals surface area contributed by atoms with E-state index in [9.17, 15) is 0 Å². The molecule has 0 saturated heterocycles. The molecule has 2 atom stereocenters. The summed E-state index contributed by atoms with van der Waals surface area (Å²) in [5.74, 6) is 0. The highest BCUT2D eigenvalue weighted by Gasteiger charge is 2.17. The van der Waals surface area contributed by atoms with Crippen molar-refractivity contribution in [3.8, 4) is 0 Å². The minimum Gasteiger partial charge on any atom is -0.309 e. The Balaban J connectivity index is 2.17. The van der Waals surface area contributed by atoms with Crippen molar-refractivity contribution in [2.24, 2.45) is 0 Å². The van der Waals surface area contributed by atoms with Gasteiger partial charge >= 0.3 is 0 Å². The zero-order valence-electron chi connectivity index (χ0n) is 12.9. The number of hydrogen-bond donors (Lipinski definition) is 1. The van der Waals surface area contributed by atoms with Gasteiger partial charge in [-0.1, -0.05) is 25.4 Å². The summed E-state index contributed by atoms with van der Waals surface area (Å²) in [5.41, 5.74) is 1.95. The highest BCUT2D eigenvalue weighted by Crippen LogP contribution is 2.23. The Morgan fingerprint density at radius 2 is 2.14 bits per heavy atom. The van der Waals surface area contributed by atoms with Crippen LogP contribution in [0.4, 0.5) is 0 Å². The molecule has 2 heterocycles. The fraction of sp³-hybridized carbons (Fsp3) is 0.500. The van der Waals surface area contributed by atoms with Crippen LogP contribution < -0.4 is 5.32 Å². The molecule has 0 bridgehead atoms. The van der Waals surface area contributed by atoms with Crippen LogP contribution in [0.25, 0.3) is 0 Å². The summed E-state index contributed by atoms with van der Waals surface area (Å²) in [4.78, 5) is 4.42. The fourth-order valence-electron chi connectivity index (χ4n) is 2.29. The third kappa shape index (κ3) is 4.05. The third-order valence-electron chi connectivity index (χ3n) is 3.69. The first-order valence-electron chi connectivity index (χ1n) is 7.53. The van der Waals surface area contributed by atoms with Gasteiger partial charge in [0, 0.05) is 24.9 Å². The molecule has 0 aromatic carbocycles. The zero-order chi connectivity index (χ0) is 15.2. The first-order chi connectivity index (χ1) is 10.2. The van der Waals surface area contributed by atoms with E-state index in [0.29, 0.717) is 11.1 Å². The number of pyridine rings is 1. The summed E-state index contributed by atoms with van der Waals surface area (Å²) in [6.07, 6.45) is 5.69. The van der Waals surface area contributed by atoms with Crippen molar-refractivity contribution >= 4 is 11.6 Å². The number of likely N-dealkylation sites (N-methyl/N-ethyl adjacent to an activating group) is 1. The molecule has 0 aliphatic heterocycles. The number of halogens is 1. The highest BCUT2D eigenvalue weighted by atomic mass is 35.5. The molecule has 0 spiro atoms. The topological polar surface area (TPSA) is 42.7 Å². The Morgan fingerprint density at radius 1 is 1.33 bits per heavy atom. The second-order valence-electron chi connectivity index (χ2n) is 5.23. The third-order valence-corrected chi connectivity index (χ3v) is 4.01. The van der Waals surface area contributed by atoms with E-state index in [1.807, 2.05) is 23.0 Å². The molecule has 0 amide bonds. The molecule has 114 valence electrons. The van der Waals surface area contributed by atoms with Gasteiger partial charge in [0.2, 0.25) is 0 Å². The molecule has 0 aliphatic carbocycles. The largest absolute Gasteiger partial charge is 0.309 e.